The molecule has 1 atom stereocenters. The summed E-state index contributed by atoms with van der Waals surface area (Å²) < 4.78 is 1.85. The SMILES string of the molecule is Cc1nnnn1CCCN1CCC(=O)N(CC2CC2)[C@H](C(C)C)C1. The van der Waals surface area contributed by atoms with Crippen molar-refractivity contribution in [2.45, 2.75) is 59.0 Å². The summed E-state index contributed by atoms with van der Waals surface area (Å²) in [6, 6.07) is 0.343. The fourth-order valence-corrected chi connectivity index (χ4v) is 3.53. The maximum Gasteiger partial charge on any atom is 0.224 e. The number of tetrazole rings is 1. The van der Waals surface area contributed by atoms with E-state index in [1.807, 2.05) is 11.6 Å². The largest absolute Gasteiger partial charge is 0.338 e. The Balaban J connectivity index is 1.56. The first-order valence-electron chi connectivity index (χ1n) is 9.29. The molecule has 3 rings (SSSR count). The van der Waals surface area contributed by atoms with Gasteiger partial charge in [-0.05, 0) is 55.0 Å². The van der Waals surface area contributed by atoms with Crippen LogP contribution in [0.2, 0.25) is 0 Å². The Kier molecular flexibility index (Phi) is 5.48. The minimum Gasteiger partial charge on any atom is -0.338 e. The number of amides is 1. The van der Waals surface area contributed by atoms with Gasteiger partial charge in [-0.3, -0.25) is 4.79 Å². The molecular formula is C17H30N6O. The number of carbonyl (C=O) groups is 1. The summed E-state index contributed by atoms with van der Waals surface area (Å²) in [7, 11) is 0. The van der Waals surface area contributed by atoms with E-state index in [-0.39, 0.29) is 0 Å². The summed E-state index contributed by atoms with van der Waals surface area (Å²) in [4.78, 5) is 17.3. The minimum atomic E-state index is 0.343. The summed E-state index contributed by atoms with van der Waals surface area (Å²) in [6.45, 7) is 11.1. The van der Waals surface area contributed by atoms with Crippen LogP contribution in [0.5, 0.6) is 0 Å². The van der Waals surface area contributed by atoms with Gasteiger partial charge < -0.3 is 9.80 Å². The summed E-state index contributed by atoms with van der Waals surface area (Å²) in [5, 5.41) is 11.6. The average Bonchev–Trinajstić information content (AvgIpc) is 3.30. The Bertz CT molecular complexity index is 553. The maximum atomic E-state index is 12.6. The predicted octanol–water partition coefficient (Wildman–Crippen LogP) is 1.34. The number of hydrogen-bond donors (Lipinski definition) is 0. The smallest absolute Gasteiger partial charge is 0.224 e. The van der Waals surface area contributed by atoms with Crippen molar-refractivity contribution >= 4 is 5.91 Å². The van der Waals surface area contributed by atoms with Gasteiger partial charge in [0, 0.05) is 38.6 Å². The van der Waals surface area contributed by atoms with E-state index in [9.17, 15) is 4.79 Å². The van der Waals surface area contributed by atoms with Gasteiger partial charge in [0.05, 0.1) is 0 Å². The van der Waals surface area contributed by atoms with Crippen LogP contribution in [-0.2, 0) is 11.3 Å². The van der Waals surface area contributed by atoms with Gasteiger partial charge in [0.25, 0.3) is 0 Å². The van der Waals surface area contributed by atoms with E-state index in [1.54, 1.807) is 0 Å². The first kappa shape index (κ1) is 17.3. The standard InChI is InChI=1S/C17H30N6O/c1-13(2)16-12-21(8-4-9-23-14(3)18-19-20-23)10-7-17(24)22(16)11-15-5-6-15/h13,15-16H,4-12H2,1-3H3/t16-/m0/s1. The highest BCUT2D eigenvalue weighted by Gasteiger charge is 2.35. The van der Waals surface area contributed by atoms with Crippen molar-refractivity contribution in [3.8, 4) is 0 Å². The lowest BCUT2D eigenvalue weighted by Gasteiger charge is -2.35. The zero-order chi connectivity index (χ0) is 17.1. The van der Waals surface area contributed by atoms with Crippen LogP contribution in [0.4, 0.5) is 0 Å². The van der Waals surface area contributed by atoms with Crippen LogP contribution in [0.15, 0.2) is 0 Å². The molecule has 0 radical (unpaired) electrons. The van der Waals surface area contributed by atoms with Crippen LogP contribution in [0.3, 0.4) is 0 Å². The third-order valence-corrected chi connectivity index (χ3v) is 5.28. The van der Waals surface area contributed by atoms with Crippen molar-refractivity contribution in [2.24, 2.45) is 11.8 Å². The molecule has 134 valence electrons. The first-order valence-corrected chi connectivity index (χ1v) is 9.29. The number of aromatic nitrogens is 4. The summed E-state index contributed by atoms with van der Waals surface area (Å²) >= 11 is 0. The second-order valence-corrected chi connectivity index (χ2v) is 7.65. The maximum absolute atomic E-state index is 12.6. The average molecular weight is 334 g/mol. The number of hydrogen-bond acceptors (Lipinski definition) is 5. The molecule has 7 nitrogen and oxygen atoms in total. The molecule has 1 aliphatic carbocycles. The molecule has 0 aromatic carbocycles. The molecule has 2 fully saturated rings. The van der Waals surface area contributed by atoms with E-state index in [1.165, 1.54) is 12.8 Å². The van der Waals surface area contributed by atoms with Gasteiger partial charge in [0.2, 0.25) is 5.91 Å². The van der Waals surface area contributed by atoms with Crippen molar-refractivity contribution in [3.05, 3.63) is 5.82 Å². The Morgan fingerprint density at radius 3 is 2.67 bits per heavy atom. The summed E-state index contributed by atoms with van der Waals surface area (Å²) in [6.07, 6.45) is 4.25. The van der Waals surface area contributed by atoms with E-state index in [0.29, 0.717) is 24.3 Å². The zero-order valence-electron chi connectivity index (χ0n) is 15.2. The Labute approximate surface area is 144 Å². The lowest BCUT2D eigenvalue weighted by atomic mass is 10.0. The van der Waals surface area contributed by atoms with Gasteiger partial charge in [-0.2, -0.15) is 0 Å². The highest BCUT2D eigenvalue weighted by atomic mass is 16.2. The molecule has 2 aliphatic rings. The highest BCUT2D eigenvalue weighted by molar-refractivity contribution is 5.77. The topological polar surface area (TPSA) is 67.2 Å². The first-order chi connectivity index (χ1) is 11.5. The second kappa shape index (κ2) is 7.59. The molecule has 1 amide bonds. The second-order valence-electron chi connectivity index (χ2n) is 7.65. The van der Waals surface area contributed by atoms with Gasteiger partial charge in [-0.1, -0.05) is 13.8 Å². The van der Waals surface area contributed by atoms with Crippen LogP contribution in [0.25, 0.3) is 0 Å². The van der Waals surface area contributed by atoms with Crippen molar-refractivity contribution in [1.82, 2.24) is 30.0 Å². The molecule has 7 heteroatoms. The third-order valence-electron chi connectivity index (χ3n) is 5.28. The molecule has 1 saturated heterocycles. The number of carbonyl (C=O) groups excluding carboxylic acids is 1. The van der Waals surface area contributed by atoms with E-state index < -0.39 is 0 Å². The predicted molar refractivity (Wildman–Crippen MR) is 91.3 cm³/mol. The molecule has 2 heterocycles. The summed E-state index contributed by atoms with van der Waals surface area (Å²) in [5.74, 6) is 2.45. The number of rotatable bonds is 7. The summed E-state index contributed by atoms with van der Waals surface area (Å²) in [5.41, 5.74) is 0. The highest BCUT2D eigenvalue weighted by Crippen LogP contribution is 2.32. The van der Waals surface area contributed by atoms with Crippen molar-refractivity contribution in [1.29, 1.82) is 0 Å². The molecule has 1 aliphatic heterocycles. The fourth-order valence-electron chi connectivity index (χ4n) is 3.53. The van der Waals surface area contributed by atoms with E-state index in [0.717, 1.165) is 50.9 Å². The molecule has 1 aromatic rings. The fraction of sp³-hybridized carbons (Fsp3) is 0.882. The quantitative estimate of drug-likeness (QED) is 0.753. The minimum absolute atomic E-state index is 0.343. The van der Waals surface area contributed by atoms with Gasteiger partial charge >= 0.3 is 0 Å². The van der Waals surface area contributed by atoms with E-state index >= 15 is 0 Å². The van der Waals surface area contributed by atoms with Gasteiger partial charge in [0.1, 0.15) is 5.82 Å². The van der Waals surface area contributed by atoms with Crippen LogP contribution in [0.1, 0.15) is 45.4 Å². The van der Waals surface area contributed by atoms with Gasteiger partial charge in [0.15, 0.2) is 0 Å². The number of nitrogens with zero attached hydrogens (tertiary/aromatic N) is 6. The third kappa shape index (κ3) is 4.32. The monoisotopic (exact) mass is 334 g/mol. The van der Waals surface area contributed by atoms with Crippen LogP contribution >= 0.6 is 0 Å². The Morgan fingerprint density at radius 2 is 2.04 bits per heavy atom. The molecule has 0 unspecified atom stereocenters. The number of aryl methyl sites for hydroxylation is 2. The molecule has 0 spiro atoms. The molecule has 1 saturated carbocycles. The van der Waals surface area contributed by atoms with Gasteiger partial charge in [-0.15, -0.1) is 5.10 Å². The normalized spacial score (nSPS) is 23.1. The van der Waals surface area contributed by atoms with E-state index in [2.05, 4.69) is 39.2 Å². The van der Waals surface area contributed by atoms with Crippen molar-refractivity contribution < 1.29 is 4.79 Å². The molecular weight excluding hydrogens is 304 g/mol. The van der Waals surface area contributed by atoms with Crippen molar-refractivity contribution in [3.63, 3.8) is 0 Å². The molecule has 1 aromatic heterocycles. The molecule has 0 bridgehead atoms. The Morgan fingerprint density at radius 1 is 1.25 bits per heavy atom. The lowest BCUT2D eigenvalue weighted by Crippen LogP contribution is -2.47. The van der Waals surface area contributed by atoms with Gasteiger partial charge in [-0.25, -0.2) is 4.68 Å². The van der Waals surface area contributed by atoms with Crippen LogP contribution in [-0.4, -0.2) is 68.1 Å². The molecule has 24 heavy (non-hydrogen) atoms. The zero-order valence-corrected chi connectivity index (χ0v) is 15.2. The lowest BCUT2D eigenvalue weighted by molar-refractivity contribution is -0.133. The Hall–Kier alpha value is -1.50. The van der Waals surface area contributed by atoms with Crippen LogP contribution in [0, 0.1) is 18.8 Å². The van der Waals surface area contributed by atoms with Crippen molar-refractivity contribution in [2.75, 3.05) is 26.2 Å². The van der Waals surface area contributed by atoms with Crippen LogP contribution < -0.4 is 0 Å². The molecule has 0 N–H and O–H groups in total. The van der Waals surface area contributed by atoms with E-state index in [4.69, 9.17) is 0 Å².